The Kier molecular flexibility index (Phi) is 4.91. The predicted molar refractivity (Wildman–Crippen MR) is 96.2 cm³/mol. The summed E-state index contributed by atoms with van der Waals surface area (Å²) in [7, 11) is 0. The molecule has 0 spiro atoms. The number of aromatic nitrogens is 2. The number of nitrogens with zero attached hydrogens (tertiary/aromatic N) is 1. The van der Waals surface area contributed by atoms with Crippen molar-refractivity contribution in [3.8, 4) is 0 Å². The third-order valence-electron chi connectivity index (χ3n) is 3.82. The maximum Gasteiger partial charge on any atom is 0.258 e. The van der Waals surface area contributed by atoms with E-state index in [1.165, 1.54) is 0 Å². The molecule has 2 N–H and O–H groups in total. The van der Waals surface area contributed by atoms with E-state index in [0.717, 1.165) is 11.3 Å². The highest BCUT2D eigenvalue weighted by molar-refractivity contribution is 5.77. The number of ether oxygens (including phenoxy) is 1. The smallest absolute Gasteiger partial charge is 0.258 e. The van der Waals surface area contributed by atoms with Crippen LogP contribution in [0, 0.1) is 0 Å². The summed E-state index contributed by atoms with van der Waals surface area (Å²) in [6.45, 7) is 5.23. The molecule has 0 aliphatic rings. The molecule has 5 heteroatoms. The highest BCUT2D eigenvalue weighted by Gasteiger charge is 2.11. The average Bonchev–Trinajstić information content (AvgIpc) is 2.60. The van der Waals surface area contributed by atoms with E-state index in [9.17, 15) is 4.79 Å². The zero-order chi connectivity index (χ0) is 16.9. The Labute approximate surface area is 140 Å². The molecule has 3 aromatic rings. The standard InChI is InChI=1S/C19H21N3O2/c1-3-24-12-14-7-6-8-15(11-14)20-13(2)18-21-17-10-5-4-9-16(17)19(23)22-18/h4-11,13,20H,3,12H2,1-2H3,(H,21,22,23)/t13-/m0/s1. The Morgan fingerprint density at radius 2 is 2.04 bits per heavy atom. The summed E-state index contributed by atoms with van der Waals surface area (Å²) in [6, 6.07) is 15.3. The van der Waals surface area contributed by atoms with Gasteiger partial charge in [0.05, 0.1) is 23.6 Å². The molecule has 3 rings (SSSR count). The molecular formula is C19H21N3O2. The van der Waals surface area contributed by atoms with Gasteiger partial charge < -0.3 is 15.0 Å². The van der Waals surface area contributed by atoms with Crippen LogP contribution in [0.2, 0.25) is 0 Å². The van der Waals surface area contributed by atoms with Crippen LogP contribution in [0.25, 0.3) is 10.9 Å². The largest absolute Gasteiger partial charge is 0.377 e. The van der Waals surface area contributed by atoms with Crippen LogP contribution < -0.4 is 10.9 Å². The zero-order valence-electron chi connectivity index (χ0n) is 13.9. The molecule has 1 aromatic heterocycles. The van der Waals surface area contributed by atoms with Crippen molar-refractivity contribution in [2.24, 2.45) is 0 Å². The molecule has 24 heavy (non-hydrogen) atoms. The highest BCUT2D eigenvalue weighted by Crippen LogP contribution is 2.19. The van der Waals surface area contributed by atoms with Crippen molar-refractivity contribution < 1.29 is 4.74 Å². The normalized spacial score (nSPS) is 12.2. The first-order valence-electron chi connectivity index (χ1n) is 8.09. The van der Waals surface area contributed by atoms with E-state index in [4.69, 9.17) is 4.74 Å². The summed E-state index contributed by atoms with van der Waals surface area (Å²) in [5, 5.41) is 3.98. The van der Waals surface area contributed by atoms with E-state index in [-0.39, 0.29) is 11.6 Å². The van der Waals surface area contributed by atoms with E-state index in [2.05, 4.69) is 15.3 Å². The van der Waals surface area contributed by atoms with Crippen molar-refractivity contribution in [2.45, 2.75) is 26.5 Å². The van der Waals surface area contributed by atoms with Crippen molar-refractivity contribution in [1.29, 1.82) is 0 Å². The average molecular weight is 323 g/mol. The number of aromatic amines is 1. The van der Waals surface area contributed by atoms with Crippen molar-refractivity contribution in [3.05, 3.63) is 70.3 Å². The van der Waals surface area contributed by atoms with E-state index in [1.54, 1.807) is 6.07 Å². The number of nitrogens with one attached hydrogen (secondary N) is 2. The molecule has 0 unspecified atom stereocenters. The van der Waals surface area contributed by atoms with Gasteiger partial charge in [-0.25, -0.2) is 4.98 Å². The summed E-state index contributed by atoms with van der Waals surface area (Å²) in [5.41, 5.74) is 2.66. The molecular weight excluding hydrogens is 302 g/mol. The molecule has 0 radical (unpaired) electrons. The third-order valence-corrected chi connectivity index (χ3v) is 3.82. The minimum atomic E-state index is -0.121. The lowest BCUT2D eigenvalue weighted by Gasteiger charge is -2.15. The van der Waals surface area contributed by atoms with E-state index in [0.29, 0.717) is 29.9 Å². The molecule has 0 bridgehead atoms. The summed E-state index contributed by atoms with van der Waals surface area (Å²) >= 11 is 0. The Bertz CT molecular complexity index is 889. The number of hydrogen-bond donors (Lipinski definition) is 2. The molecule has 0 saturated heterocycles. The van der Waals surface area contributed by atoms with Gasteiger partial charge in [-0.3, -0.25) is 4.79 Å². The second-order valence-corrected chi connectivity index (χ2v) is 5.67. The number of fused-ring (bicyclic) bond motifs is 1. The molecule has 0 aliphatic carbocycles. The number of hydrogen-bond acceptors (Lipinski definition) is 4. The maximum atomic E-state index is 12.2. The van der Waals surface area contributed by atoms with Crippen LogP contribution in [0.4, 0.5) is 5.69 Å². The number of anilines is 1. The molecule has 5 nitrogen and oxygen atoms in total. The molecule has 0 aliphatic heterocycles. The van der Waals surface area contributed by atoms with Gasteiger partial charge in [-0.1, -0.05) is 24.3 Å². The van der Waals surface area contributed by atoms with Crippen molar-refractivity contribution >= 4 is 16.6 Å². The van der Waals surface area contributed by atoms with Gasteiger partial charge in [0.2, 0.25) is 0 Å². The van der Waals surface area contributed by atoms with Gasteiger partial charge >= 0.3 is 0 Å². The van der Waals surface area contributed by atoms with Crippen LogP contribution in [0.1, 0.15) is 31.3 Å². The lowest BCUT2D eigenvalue weighted by Crippen LogP contribution is -2.17. The Morgan fingerprint density at radius 3 is 2.88 bits per heavy atom. The number of H-pyrrole nitrogens is 1. The fourth-order valence-corrected chi connectivity index (χ4v) is 2.60. The topological polar surface area (TPSA) is 67.0 Å². The molecule has 0 fully saturated rings. The van der Waals surface area contributed by atoms with Crippen molar-refractivity contribution in [1.82, 2.24) is 9.97 Å². The van der Waals surface area contributed by atoms with Crippen LogP contribution in [-0.4, -0.2) is 16.6 Å². The van der Waals surface area contributed by atoms with E-state index < -0.39 is 0 Å². The van der Waals surface area contributed by atoms with Gasteiger partial charge in [0.1, 0.15) is 5.82 Å². The first-order chi connectivity index (χ1) is 11.7. The molecule has 1 atom stereocenters. The van der Waals surface area contributed by atoms with Gasteiger partial charge in [0, 0.05) is 12.3 Å². The summed E-state index contributed by atoms with van der Waals surface area (Å²) in [4.78, 5) is 19.6. The van der Waals surface area contributed by atoms with Crippen LogP contribution in [0.5, 0.6) is 0 Å². The summed E-state index contributed by atoms with van der Waals surface area (Å²) in [6.07, 6.45) is 0. The highest BCUT2D eigenvalue weighted by atomic mass is 16.5. The Balaban J connectivity index is 1.82. The molecule has 1 heterocycles. The van der Waals surface area contributed by atoms with Crippen LogP contribution >= 0.6 is 0 Å². The van der Waals surface area contributed by atoms with Crippen LogP contribution in [-0.2, 0) is 11.3 Å². The molecule has 0 amide bonds. The third kappa shape index (κ3) is 3.63. The van der Waals surface area contributed by atoms with Gasteiger partial charge in [-0.15, -0.1) is 0 Å². The van der Waals surface area contributed by atoms with Gasteiger partial charge in [0.25, 0.3) is 5.56 Å². The Morgan fingerprint density at radius 1 is 1.21 bits per heavy atom. The second-order valence-electron chi connectivity index (χ2n) is 5.67. The minimum Gasteiger partial charge on any atom is -0.377 e. The SMILES string of the molecule is CCOCc1cccc(N[C@@H](C)c2nc3ccccc3c(=O)[nH]2)c1. The number of rotatable bonds is 6. The first kappa shape index (κ1) is 16.2. The van der Waals surface area contributed by atoms with Gasteiger partial charge in [0.15, 0.2) is 0 Å². The minimum absolute atomic E-state index is 0.116. The molecule has 0 saturated carbocycles. The lowest BCUT2D eigenvalue weighted by atomic mass is 10.2. The maximum absolute atomic E-state index is 12.2. The summed E-state index contributed by atoms with van der Waals surface area (Å²) in [5.74, 6) is 0.619. The number of para-hydroxylation sites is 1. The molecule has 124 valence electrons. The van der Waals surface area contributed by atoms with Gasteiger partial charge in [-0.05, 0) is 43.7 Å². The first-order valence-corrected chi connectivity index (χ1v) is 8.09. The van der Waals surface area contributed by atoms with E-state index in [1.807, 2.05) is 56.3 Å². The number of benzene rings is 2. The van der Waals surface area contributed by atoms with Crippen LogP contribution in [0.15, 0.2) is 53.3 Å². The Hall–Kier alpha value is -2.66. The fourth-order valence-electron chi connectivity index (χ4n) is 2.60. The monoisotopic (exact) mass is 323 g/mol. The van der Waals surface area contributed by atoms with E-state index >= 15 is 0 Å². The quantitative estimate of drug-likeness (QED) is 0.727. The fraction of sp³-hybridized carbons (Fsp3) is 0.263. The van der Waals surface area contributed by atoms with Crippen LogP contribution in [0.3, 0.4) is 0 Å². The lowest BCUT2D eigenvalue weighted by molar-refractivity contribution is 0.134. The second kappa shape index (κ2) is 7.27. The van der Waals surface area contributed by atoms with Crippen molar-refractivity contribution in [3.63, 3.8) is 0 Å². The summed E-state index contributed by atoms with van der Waals surface area (Å²) < 4.78 is 5.44. The molecule has 2 aromatic carbocycles. The zero-order valence-corrected chi connectivity index (χ0v) is 13.9. The van der Waals surface area contributed by atoms with Gasteiger partial charge in [-0.2, -0.15) is 0 Å². The predicted octanol–water partition coefficient (Wildman–Crippen LogP) is 3.63. The van der Waals surface area contributed by atoms with Crippen molar-refractivity contribution in [2.75, 3.05) is 11.9 Å².